The van der Waals surface area contributed by atoms with E-state index in [9.17, 15) is 5.11 Å². The molecule has 0 aliphatic heterocycles. The SMILES string of the molecule is Cc1ccc(/C=C2/CCC/C(=C\c3ccccc3)C2O)cc1. The van der Waals surface area contributed by atoms with Crippen LogP contribution in [-0.4, -0.2) is 11.2 Å². The van der Waals surface area contributed by atoms with Crippen LogP contribution in [0.3, 0.4) is 0 Å². The molecule has 0 spiro atoms. The smallest absolute Gasteiger partial charge is 0.0967 e. The molecule has 2 aromatic carbocycles. The predicted octanol–water partition coefficient (Wildman–Crippen LogP) is 5.01. The van der Waals surface area contributed by atoms with Gasteiger partial charge in [-0.05, 0) is 48.5 Å². The molecule has 1 aliphatic rings. The van der Waals surface area contributed by atoms with E-state index in [1.165, 1.54) is 11.1 Å². The van der Waals surface area contributed by atoms with Crippen molar-refractivity contribution in [3.05, 3.63) is 82.4 Å². The molecule has 112 valence electrons. The fourth-order valence-electron chi connectivity index (χ4n) is 2.95. The first-order chi connectivity index (χ1) is 10.7. The van der Waals surface area contributed by atoms with E-state index >= 15 is 0 Å². The van der Waals surface area contributed by atoms with Gasteiger partial charge in [0.25, 0.3) is 0 Å². The summed E-state index contributed by atoms with van der Waals surface area (Å²) < 4.78 is 0. The van der Waals surface area contributed by atoms with Crippen LogP contribution in [0, 0.1) is 6.92 Å². The number of aliphatic hydroxyl groups is 1. The molecule has 22 heavy (non-hydrogen) atoms. The molecular weight excluding hydrogens is 268 g/mol. The second-order valence-corrected chi connectivity index (χ2v) is 6.02. The highest BCUT2D eigenvalue weighted by atomic mass is 16.3. The number of rotatable bonds is 2. The first-order valence-corrected chi connectivity index (χ1v) is 7.93. The Kier molecular flexibility index (Phi) is 4.55. The Hall–Kier alpha value is -2.12. The summed E-state index contributed by atoms with van der Waals surface area (Å²) in [4.78, 5) is 0. The van der Waals surface area contributed by atoms with Gasteiger partial charge in [0.1, 0.15) is 0 Å². The number of benzene rings is 2. The zero-order valence-corrected chi connectivity index (χ0v) is 13.0. The standard InChI is InChI=1S/C21H22O/c1-16-10-12-18(13-11-16)15-20-9-5-8-19(21(20)22)14-17-6-3-2-4-7-17/h2-4,6-7,10-15,21-22H,5,8-9H2,1H3/b19-14+,20-15-. The van der Waals surface area contributed by atoms with Gasteiger partial charge in [0.2, 0.25) is 0 Å². The van der Waals surface area contributed by atoms with Gasteiger partial charge in [-0.3, -0.25) is 0 Å². The third-order valence-electron chi connectivity index (χ3n) is 4.21. The van der Waals surface area contributed by atoms with Crippen molar-refractivity contribution in [2.45, 2.75) is 32.3 Å². The number of aryl methyl sites for hydroxylation is 1. The highest BCUT2D eigenvalue weighted by Gasteiger charge is 2.21. The molecule has 1 nitrogen and oxygen atoms in total. The van der Waals surface area contributed by atoms with E-state index in [1.54, 1.807) is 0 Å². The van der Waals surface area contributed by atoms with Crippen LogP contribution in [0.4, 0.5) is 0 Å². The van der Waals surface area contributed by atoms with E-state index in [0.29, 0.717) is 0 Å². The molecule has 1 heteroatoms. The van der Waals surface area contributed by atoms with Gasteiger partial charge in [-0.25, -0.2) is 0 Å². The predicted molar refractivity (Wildman–Crippen MR) is 93.4 cm³/mol. The molecule has 0 saturated heterocycles. The molecule has 2 aromatic rings. The van der Waals surface area contributed by atoms with Gasteiger partial charge in [0.15, 0.2) is 0 Å². The quantitative estimate of drug-likeness (QED) is 0.824. The van der Waals surface area contributed by atoms with Crippen LogP contribution in [0.5, 0.6) is 0 Å². The topological polar surface area (TPSA) is 20.2 Å². The van der Waals surface area contributed by atoms with Gasteiger partial charge in [0, 0.05) is 0 Å². The van der Waals surface area contributed by atoms with Crippen molar-refractivity contribution >= 4 is 12.2 Å². The van der Waals surface area contributed by atoms with Crippen molar-refractivity contribution in [2.75, 3.05) is 0 Å². The first kappa shape index (κ1) is 14.8. The molecule has 1 unspecified atom stereocenters. The lowest BCUT2D eigenvalue weighted by Gasteiger charge is -2.24. The van der Waals surface area contributed by atoms with Gasteiger partial charge in [-0.15, -0.1) is 0 Å². The summed E-state index contributed by atoms with van der Waals surface area (Å²) in [6.45, 7) is 2.09. The maximum Gasteiger partial charge on any atom is 0.0967 e. The summed E-state index contributed by atoms with van der Waals surface area (Å²) in [6, 6.07) is 18.7. The van der Waals surface area contributed by atoms with Crippen LogP contribution in [0.1, 0.15) is 36.0 Å². The molecule has 1 atom stereocenters. The van der Waals surface area contributed by atoms with Crippen LogP contribution in [-0.2, 0) is 0 Å². The van der Waals surface area contributed by atoms with Crippen molar-refractivity contribution in [3.63, 3.8) is 0 Å². The molecule has 0 aromatic heterocycles. The van der Waals surface area contributed by atoms with Crippen molar-refractivity contribution in [2.24, 2.45) is 0 Å². The molecule has 0 bridgehead atoms. The molecule has 1 fully saturated rings. The third-order valence-corrected chi connectivity index (χ3v) is 4.21. The van der Waals surface area contributed by atoms with Crippen LogP contribution in [0.2, 0.25) is 0 Å². The molecule has 1 aliphatic carbocycles. The molecule has 1 N–H and O–H groups in total. The minimum atomic E-state index is -0.449. The molecular formula is C21H22O. The van der Waals surface area contributed by atoms with E-state index in [4.69, 9.17) is 0 Å². The second kappa shape index (κ2) is 6.76. The third kappa shape index (κ3) is 3.55. The summed E-state index contributed by atoms with van der Waals surface area (Å²) in [5, 5.41) is 10.7. The first-order valence-electron chi connectivity index (χ1n) is 7.93. The van der Waals surface area contributed by atoms with Crippen molar-refractivity contribution < 1.29 is 5.11 Å². The Balaban J connectivity index is 1.85. The average Bonchev–Trinajstić information content (AvgIpc) is 2.54. The number of hydrogen-bond acceptors (Lipinski definition) is 1. The van der Waals surface area contributed by atoms with Gasteiger partial charge < -0.3 is 5.11 Å². The molecule has 1 saturated carbocycles. The zero-order chi connectivity index (χ0) is 15.4. The van der Waals surface area contributed by atoms with Crippen LogP contribution in [0.15, 0.2) is 65.7 Å². The van der Waals surface area contributed by atoms with E-state index in [-0.39, 0.29) is 0 Å². The maximum atomic E-state index is 10.7. The minimum absolute atomic E-state index is 0.449. The summed E-state index contributed by atoms with van der Waals surface area (Å²) in [5.74, 6) is 0. The van der Waals surface area contributed by atoms with Crippen LogP contribution < -0.4 is 0 Å². The molecule has 3 rings (SSSR count). The minimum Gasteiger partial charge on any atom is -0.384 e. The fraction of sp³-hybridized carbons (Fsp3) is 0.238. The number of aliphatic hydroxyl groups excluding tert-OH is 1. The summed E-state index contributed by atoms with van der Waals surface area (Å²) in [5.41, 5.74) is 5.83. The van der Waals surface area contributed by atoms with Crippen molar-refractivity contribution in [1.82, 2.24) is 0 Å². The summed E-state index contributed by atoms with van der Waals surface area (Å²) in [7, 11) is 0. The molecule has 0 radical (unpaired) electrons. The van der Waals surface area contributed by atoms with E-state index in [0.717, 1.165) is 36.0 Å². The maximum absolute atomic E-state index is 10.7. The van der Waals surface area contributed by atoms with E-state index in [2.05, 4.69) is 55.5 Å². The highest BCUT2D eigenvalue weighted by Crippen LogP contribution is 2.31. The van der Waals surface area contributed by atoms with E-state index < -0.39 is 6.10 Å². The Bertz CT molecular complexity index is 678. The summed E-state index contributed by atoms with van der Waals surface area (Å²) >= 11 is 0. The van der Waals surface area contributed by atoms with Crippen LogP contribution >= 0.6 is 0 Å². The normalized spacial score (nSPS) is 22.2. The largest absolute Gasteiger partial charge is 0.384 e. The van der Waals surface area contributed by atoms with Gasteiger partial charge in [-0.1, -0.05) is 72.3 Å². The molecule has 0 heterocycles. The van der Waals surface area contributed by atoms with Gasteiger partial charge in [-0.2, -0.15) is 0 Å². The lowest BCUT2D eigenvalue weighted by molar-refractivity contribution is 0.229. The lowest BCUT2D eigenvalue weighted by Crippen LogP contribution is -2.18. The Morgan fingerprint density at radius 3 is 1.95 bits per heavy atom. The van der Waals surface area contributed by atoms with Gasteiger partial charge in [0.05, 0.1) is 6.10 Å². The Morgan fingerprint density at radius 2 is 1.36 bits per heavy atom. The van der Waals surface area contributed by atoms with Crippen molar-refractivity contribution in [1.29, 1.82) is 0 Å². The monoisotopic (exact) mass is 290 g/mol. The second-order valence-electron chi connectivity index (χ2n) is 6.02. The zero-order valence-electron chi connectivity index (χ0n) is 13.0. The van der Waals surface area contributed by atoms with Gasteiger partial charge >= 0.3 is 0 Å². The fourth-order valence-corrected chi connectivity index (χ4v) is 2.95. The molecule has 0 amide bonds. The number of hydrogen-bond donors (Lipinski definition) is 1. The average molecular weight is 290 g/mol. The lowest BCUT2D eigenvalue weighted by atomic mass is 9.85. The van der Waals surface area contributed by atoms with Crippen LogP contribution in [0.25, 0.3) is 12.2 Å². The van der Waals surface area contributed by atoms with Crippen molar-refractivity contribution in [3.8, 4) is 0 Å². The Labute approximate surface area is 132 Å². The summed E-state index contributed by atoms with van der Waals surface area (Å²) in [6.07, 6.45) is 6.88. The Morgan fingerprint density at radius 1 is 0.818 bits per heavy atom. The van der Waals surface area contributed by atoms with E-state index in [1.807, 2.05) is 18.2 Å². The highest BCUT2D eigenvalue weighted by molar-refractivity contribution is 5.60.